The third-order valence-corrected chi connectivity index (χ3v) is 3.49. The normalized spacial score (nSPS) is 13.2. The van der Waals surface area contributed by atoms with Crippen molar-refractivity contribution in [1.29, 1.82) is 0 Å². The second kappa shape index (κ2) is 8.93. The molecule has 0 saturated heterocycles. The lowest BCUT2D eigenvalue weighted by atomic mass is 9.99. The highest BCUT2D eigenvalue weighted by atomic mass is 19.4. The quantitative estimate of drug-likeness (QED) is 0.701. The van der Waals surface area contributed by atoms with Crippen LogP contribution in [-0.4, -0.2) is 12.9 Å². The van der Waals surface area contributed by atoms with E-state index in [4.69, 9.17) is 0 Å². The number of unbranched alkanes of at least 4 members (excludes halogenated alkanes) is 1. The molecule has 0 aliphatic carbocycles. The highest BCUT2D eigenvalue weighted by Gasteiger charge is 2.31. The molecule has 0 aliphatic rings. The Hall–Kier alpha value is -1.23. The fourth-order valence-electron chi connectivity index (χ4n) is 2.23. The standard InChI is InChI=1S/C16H24F3NO/c1-3-5-8-13(4-2)11-20-12-14-9-6-7-10-15(14)21-16(17,18)19/h6-7,9-10,13,20H,3-5,8,11-12H2,1-2H3. The first kappa shape index (κ1) is 17.8. The molecule has 0 radical (unpaired) electrons. The smallest absolute Gasteiger partial charge is 0.405 e. The fraction of sp³-hybridized carbons (Fsp3) is 0.625. The van der Waals surface area contributed by atoms with Crippen LogP contribution >= 0.6 is 0 Å². The second-order valence-electron chi connectivity index (χ2n) is 5.20. The molecule has 1 rings (SSSR count). The Bertz CT molecular complexity index is 407. The van der Waals surface area contributed by atoms with Gasteiger partial charge in [-0.05, 0) is 24.9 Å². The van der Waals surface area contributed by atoms with Gasteiger partial charge in [0, 0.05) is 12.1 Å². The number of alkyl halides is 3. The zero-order chi connectivity index (χ0) is 15.7. The van der Waals surface area contributed by atoms with E-state index >= 15 is 0 Å². The van der Waals surface area contributed by atoms with Crippen LogP contribution < -0.4 is 10.1 Å². The highest BCUT2D eigenvalue weighted by Crippen LogP contribution is 2.26. The number of halogens is 3. The molecule has 0 heterocycles. The molecule has 0 aromatic heterocycles. The third-order valence-electron chi connectivity index (χ3n) is 3.49. The lowest BCUT2D eigenvalue weighted by Gasteiger charge is -2.17. The van der Waals surface area contributed by atoms with E-state index in [0.29, 0.717) is 18.0 Å². The molecule has 0 fully saturated rings. The number of nitrogens with one attached hydrogen (secondary N) is 1. The number of hydrogen-bond donors (Lipinski definition) is 1. The summed E-state index contributed by atoms with van der Waals surface area (Å²) in [5.74, 6) is 0.444. The summed E-state index contributed by atoms with van der Waals surface area (Å²) in [6.07, 6.45) is -0.0652. The topological polar surface area (TPSA) is 21.3 Å². The van der Waals surface area contributed by atoms with E-state index in [9.17, 15) is 13.2 Å². The summed E-state index contributed by atoms with van der Waals surface area (Å²) in [6.45, 7) is 5.50. The molecule has 0 bridgehead atoms. The zero-order valence-corrected chi connectivity index (χ0v) is 12.7. The van der Waals surface area contributed by atoms with E-state index in [-0.39, 0.29) is 5.75 Å². The minimum atomic E-state index is -4.65. The molecule has 0 saturated carbocycles. The van der Waals surface area contributed by atoms with Crippen molar-refractivity contribution in [3.63, 3.8) is 0 Å². The van der Waals surface area contributed by atoms with Gasteiger partial charge in [-0.25, -0.2) is 0 Å². The molecule has 0 amide bonds. The molecule has 1 aromatic rings. The van der Waals surface area contributed by atoms with Gasteiger partial charge in [0.25, 0.3) is 0 Å². The minimum Gasteiger partial charge on any atom is -0.405 e. The van der Waals surface area contributed by atoms with Crippen molar-refractivity contribution in [3.05, 3.63) is 29.8 Å². The first-order valence-corrected chi connectivity index (χ1v) is 7.50. The van der Waals surface area contributed by atoms with Crippen LogP contribution in [0.1, 0.15) is 45.1 Å². The van der Waals surface area contributed by atoms with Crippen molar-refractivity contribution in [2.75, 3.05) is 6.54 Å². The van der Waals surface area contributed by atoms with Gasteiger partial charge in [-0.2, -0.15) is 0 Å². The summed E-state index contributed by atoms with van der Waals surface area (Å²) in [7, 11) is 0. The highest BCUT2D eigenvalue weighted by molar-refractivity contribution is 5.33. The molecule has 0 spiro atoms. The second-order valence-corrected chi connectivity index (χ2v) is 5.20. The van der Waals surface area contributed by atoms with Gasteiger partial charge in [-0.3, -0.25) is 0 Å². The van der Waals surface area contributed by atoms with Gasteiger partial charge in [0.2, 0.25) is 0 Å². The molecular weight excluding hydrogens is 279 g/mol. The van der Waals surface area contributed by atoms with Gasteiger partial charge < -0.3 is 10.1 Å². The van der Waals surface area contributed by atoms with E-state index in [1.165, 1.54) is 18.9 Å². The molecule has 1 N–H and O–H groups in total. The lowest BCUT2D eigenvalue weighted by Crippen LogP contribution is -2.23. The van der Waals surface area contributed by atoms with Gasteiger partial charge >= 0.3 is 6.36 Å². The minimum absolute atomic E-state index is 0.126. The maximum absolute atomic E-state index is 12.3. The number of rotatable bonds is 9. The first-order valence-electron chi connectivity index (χ1n) is 7.50. The van der Waals surface area contributed by atoms with Gasteiger partial charge in [-0.15, -0.1) is 13.2 Å². The van der Waals surface area contributed by atoms with E-state index < -0.39 is 6.36 Å². The van der Waals surface area contributed by atoms with E-state index in [0.717, 1.165) is 19.4 Å². The van der Waals surface area contributed by atoms with Crippen LogP contribution in [0.5, 0.6) is 5.75 Å². The maximum Gasteiger partial charge on any atom is 0.573 e. The maximum atomic E-state index is 12.3. The van der Waals surface area contributed by atoms with Crippen molar-refractivity contribution < 1.29 is 17.9 Å². The van der Waals surface area contributed by atoms with E-state index in [1.807, 2.05) is 0 Å². The van der Waals surface area contributed by atoms with Gasteiger partial charge in [0.1, 0.15) is 5.75 Å². The zero-order valence-electron chi connectivity index (χ0n) is 12.7. The number of benzene rings is 1. The van der Waals surface area contributed by atoms with Gasteiger partial charge in [0.15, 0.2) is 0 Å². The van der Waals surface area contributed by atoms with E-state index in [2.05, 4.69) is 23.9 Å². The Morgan fingerprint density at radius 2 is 1.90 bits per heavy atom. The molecule has 0 aliphatic heterocycles. The average molecular weight is 303 g/mol. The number of para-hydroxylation sites is 1. The Kier molecular flexibility index (Phi) is 7.57. The average Bonchev–Trinajstić information content (AvgIpc) is 2.42. The monoisotopic (exact) mass is 303 g/mol. The molecule has 2 nitrogen and oxygen atoms in total. The fourth-order valence-corrected chi connectivity index (χ4v) is 2.23. The molecule has 120 valence electrons. The Balaban J connectivity index is 2.51. The van der Waals surface area contributed by atoms with Crippen molar-refractivity contribution >= 4 is 0 Å². The van der Waals surface area contributed by atoms with Crippen LogP contribution in [0.3, 0.4) is 0 Å². The molecular formula is C16H24F3NO. The Labute approximate surface area is 124 Å². The van der Waals surface area contributed by atoms with Crippen molar-refractivity contribution in [1.82, 2.24) is 5.32 Å². The summed E-state index contributed by atoms with van der Waals surface area (Å²) in [6, 6.07) is 6.26. The van der Waals surface area contributed by atoms with Gasteiger partial charge in [-0.1, -0.05) is 51.3 Å². The Morgan fingerprint density at radius 3 is 2.52 bits per heavy atom. The third kappa shape index (κ3) is 7.37. The molecule has 21 heavy (non-hydrogen) atoms. The van der Waals surface area contributed by atoms with Gasteiger partial charge in [0.05, 0.1) is 0 Å². The molecule has 1 unspecified atom stereocenters. The SMILES string of the molecule is CCCCC(CC)CNCc1ccccc1OC(F)(F)F. The summed E-state index contributed by atoms with van der Waals surface area (Å²) in [4.78, 5) is 0. The summed E-state index contributed by atoms with van der Waals surface area (Å²) >= 11 is 0. The van der Waals surface area contributed by atoms with Crippen LogP contribution in [0.2, 0.25) is 0 Å². The first-order chi connectivity index (χ1) is 9.96. The largest absolute Gasteiger partial charge is 0.573 e. The predicted molar refractivity (Wildman–Crippen MR) is 78.1 cm³/mol. The van der Waals surface area contributed by atoms with Crippen LogP contribution in [0.4, 0.5) is 13.2 Å². The van der Waals surface area contributed by atoms with Crippen molar-refractivity contribution in [2.45, 2.75) is 52.4 Å². The van der Waals surface area contributed by atoms with Crippen molar-refractivity contribution in [2.24, 2.45) is 5.92 Å². The number of hydrogen-bond acceptors (Lipinski definition) is 2. The summed E-state index contributed by atoms with van der Waals surface area (Å²) < 4.78 is 41.0. The molecule has 1 atom stereocenters. The summed E-state index contributed by atoms with van der Waals surface area (Å²) in [5, 5.41) is 3.24. The molecule has 1 aromatic carbocycles. The number of ether oxygens (including phenoxy) is 1. The van der Waals surface area contributed by atoms with Crippen LogP contribution in [-0.2, 0) is 6.54 Å². The Morgan fingerprint density at radius 1 is 1.19 bits per heavy atom. The summed E-state index contributed by atoms with van der Waals surface area (Å²) in [5.41, 5.74) is 0.528. The van der Waals surface area contributed by atoms with E-state index in [1.54, 1.807) is 18.2 Å². The van der Waals surface area contributed by atoms with Crippen LogP contribution in [0.15, 0.2) is 24.3 Å². The van der Waals surface area contributed by atoms with Crippen LogP contribution in [0, 0.1) is 5.92 Å². The van der Waals surface area contributed by atoms with Crippen molar-refractivity contribution in [3.8, 4) is 5.75 Å². The predicted octanol–water partition coefficient (Wildman–Crippen LogP) is 4.89. The lowest BCUT2D eigenvalue weighted by molar-refractivity contribution is -0.274. The molecule has 5 heteroatoms. The van der Waals surface area contributed by atoms with Crippen LogP contribution in [0.25, 0.3) is 0 Å².